The molecule has 0 bridgehead atoms. The Morgan fingerprint density at radius 1 is 1.45 bits per heavy atom. The van der Waals surface area contributed by atoms with Gasteiger partial charge in [0, 0.05) is 19.6 Å². The fraction of sp³-hybridized carbons (Fsp3) is 1.00. The molecule has 1 N–H and O–H groups in total. The van der Waals surface area contributed by atoms with Crippen molar-refractivity contribution in [3.63, 3.8) is 0 Å². The van der Waals surface area contributed by atoms with Gasteiger partial charge in [0.05, 0.1) is 6.61 Å². The third kappa shape index (κ3) is 6.28. The highest BCUT2D eigenvalue weighted by Gasteiger charge is 2.00. The first-order valence-electron chi connectivity index (χ1n) is 4.17. The molecule has 0 aliphatic rings. The van der Waals surface area contributed by atoms with E-state index in [2.05, 4.69) is 31.3 Å². The van der Waals surface area contributed by atoms with Gasteiger partial charge in [-0.2, -0.15) is 0 Å². The summed E-state index contributed by atoms with van der Waals surface area (Å²) < 4.78 is 0. The Hall–Kier alpha value is -0.120. The number of hydroxylamine groups is 1. The Morgan fingerprint density at radius 2 is 2.09 bits per heavy atom. The molecule has 0 fully saturated rings. The maximum Gasteiger partial charge on any atom is 0.0694 e. The lowest BCUT2D eigenvalue weighted by Gasteiger charge is -2.20. The minimum atomic E-state index is 0.629. The quantitative estimate of drug-likeness (QED) is 0.461. The lowest BCUT2D eigenvalue weighted by atomic mass is 10.3. The Balaban J connectivity index is 3.10. The van der Waals surface area contributed by atoms with Crippen LogP contribution in [0.15, 0.2) is 0 Å². The smallest absolute Gasteiger partial charge is 0.0694 e. The average molecular weight is 160 g/mol. The fourth-order valence-corrected chi connectivity index (χ4v) is 0.746. The van der Waals surface area contributed by atoms with Gasteiger partial charge in [0.15, 0.2) is 0 Å². The molecule has 0 aliphatic heterocycles. The van der Waals surface area contributed by atoms with Gasteiger partial charge >= 0.3 is 0 Å². The van der Waals surface area contributed by atoms with Gasteiger partial charge < -0.3 is 9.74 Å². The second kappa shape index (κ2) is 6.58. The van der Waals surface area contributed by atoms with Crippen molar-refractivity contribution >= 4 is 0 Å². The molecule has 0 aliphatic carbocycles. The first-order chi connectivity index (χ1) is 5.18. The van der Waals surface area contributed by atoms with Gasteiger partial charge in [-0.1, -0.05) is 0 Å². The predicted molar refractivity (Wildman–Crippen MR) is 47.4 cm³/mol. The van der Waals surface area contributed by atoms with Gasteiger partial charge in [0.2, 0.25) is 0 Å². The molecule has 0 rings (SSSR count). The summed E-state index contributed by atoms with van der Waals surface area (Å²) in [6.45, 7) is 6.27. The summed E-state index contributed by atoms with van der Waals surface area (Å²) in [5, 5.41) is 0. The Labute approximate surface area is 69.7 Å². The van der Waals surface area contributed by atoms with Crippen molar-refractivity contribution in [2.24, 2.45) is 0 Å². The Morgan fingerprint density at radius 3 is 2.55 bits per heavy atom. The maximum absolute atomic E-state index is 4.99. The zero-order valence-corrected chi connectivity index (χ0v) is 8.05. The molecule has 0 heterocycles. The first kappa shape index (κ1) is 10.9. The number of nitrogens with zero attached hydrogens (tertiary/aromatic N) is 1. The monoisotopic (exact) mass is 160 g/mol. The molecule has 0 saturated carbocycles. The van der Waals surface area contributed by atoms with Gasteiger partial charge in [-0.25, -0.2) is 5.48 Å². The van der Waals surface area contributed by atoms with Crippen molar-refractivity contribution < 1.29 is 4.84 Å². The summed E-state index contributed by atoms with van der Waals surface area (Å²) in [7, 11) is 3.91. The van der Waals surface area contributed by atoms with Crippen molar-refractivity contribution in [2.45, 2.75) is 26.3 Å². The van der Waals surface area contributed by atoms with Crippen molar-refractivity contribution in [3.8, 4) is 0 Å². The Bertz CT molecular complexity index is 86.2. The molecule has 68 valence electrons. The molecule has 0 unspecified atom stereocenters. The molecule has 0 aromatic heterocycles. The molecule has 0 saturated heterocycles. The molecule has 11 heavy (non-hydrogen) atoms. The van der Waals surface area contributed by atoms with Crippen LogP contribution >= 0.6 is 0 Å². The minimum absolute atomic E-state index is 0.629. The highest BCUT2D eigenvalue weighted by Crippen LogP contribution is 1.94. The molecule has 0 atom stereocenters. The second-order valence-corrected chi connectivity index (χ2v) is 2.98. The summed E-state index contributed by atoms with van der Waals surface area (Å²) in [6, 6.07) is 0.629. The zero-order valence-electron chi connectivity index (χ0n) is 8.05. The van der Waals surface area contributed by atoms with E-state index in [9.17, 15) is 0 Å². The van der Waals surface area contributed by atoms with Gasteiger partial charge in [0.25, 0.3) is 0 Å². The molecule has 0 spiro atoms. The van der Waals surface area contributed by atoms with E-state index in [4.69, 9.17) is 4.84 Å². The van der Waals surface area contributed by atoms with Crippen LogP contribution in [0.3, 0.4) is 0 Å². The molecular formula is C8H20N2O. The summed E-state index contributed by atoms with van der Waals surface area (Å²) in [4.78, 5) is 7.29. The number of rotatable bonds is 6. The predicted octanol–water partition coefficient (Wildman–Crippen LogP) is 0.868. The molecule has 0 radical (unpaired) electrons. The highest BCUT2D eigenvalue weighted by molar-refractivity contribution is 4.55. The third-order valence-electron chi connectivity index (χ3n) is 1.78. The van der Waals surface area contributed by atoms with Crippen LogP contribution < -0.4 is 5.48 Å². The van der Waals surface area contributed by atoms with Gasteiger partial charge in [-0.05, 0) is 27.3 Å². The molecular weight excluding hydrogens is 140 g/mol. The van der Waals surface area contributed by atoms with E-state index >= 15 is 0 Å². The van der Waals surface area contributed by atoms with Crippen LogP contribution in [0.2, 0.25) is 0 Å². The topological polar surface area (TPSA) is 24.5 Å². The van der Waals surface area contributed by atoms with Crippen molar-refractivity contribution in [3.05, 3.63) is 0 Å². The van der Waals surface area contributed by atoms with E-state index in [1.165, 1.54) is 0 Å². The largest absolute Gasteiger partial charge is 0.304 e. The molecule has 0 amide bonds. The maximum atomic E-state index is 4.99. The third-order valence-corrected chi connectivity index (χ3v) is 1.78. The number of hydrogen-bond acceptors (Lipinski definition) is 3. The van der Waals surface area contributed by atoms with Crippen molar-refractivity contribution in [1.82, 2.24) is 10.4 Å². The van der Waals surface area contributed by atoms with E-state index in [0.717, 1.165) is 19.6 Å². The van der Waals surface area contributed by atoms with Gasteiger partial charge in [0.1, 0.15) is 0 Å². The van der Waals surface area contributed by atoms with E-state index in [1.54, 1.807) is 7.05 Å². The lowest BCUT2D eigenvalue weighted by Crippen LogP contribution is -2.28. The summed E-state index contributed by atoms with van der Waals surface area (Å²) in [5.74, 6) is 0. The number of hydrogen-bond donors (Lipinski definition) is 1. The minimum Gasteiger partial charge on any atom is -0.304 e. The fourth-order valence-electron chi connectivity index (χ4n) is 0.746. The first-order valence-corrected chi connectivity index (χ1v) is 4.17. The Kier molecular flexibility index (Phi) is 6.51. The summed E-state index contributed by atoms with van der Waals surface area (Å²) in [5.41, 5.74) is 2.65. The molecule has 3 nitrogen and oxygen atoms in total. The van der Waals surface area contributed by atoms with Crippen molar-refractivity contribution in [2.75, 3.05) is 27.2 Å². The van der Waals surface area contributed by atoms with Gasteiger partial charge in [-0.15, -0.1) is 0 Å². The van der Waals surface area contributed by atoms with Crippen LogP contribution in [0.4, 0.5) is 0 Å². The normalized spacial score (nSPS) is 11.5. The second-order valence-electron chi connectivity index (χ2n) is 2.98. The van der Waals surface area contributed by atoms with Crippen LogP contribution in [0.1, 0.15) is 20.3 Å². The number of nitrogens with one attached hydrogen (secondary N) is 1. The average Bonchev–Trinajstić information content (AvgIpc) is 1.97. The lowest BCUT2D eigenvalue weighted by molar-refractivity contribution is 0.0507. The molecule has 0 aromatic rings. The van der Waals surface area contributed by atoms with E-state index in [-0.39, 0.29) is 0 Å². The standard InChI is InChI=1S/C8H20N2O/c1-8(2)10(4)6-5-7-11-9-3/h8-9H,5-7H2,1-4H3. The van der Waals surface area contributed by atoms with E-state index < -0.39 is 0 Å². The van der Waals surface area contributed by atoms with Gasteiger partial charge in [-0.3, -0.25) is 0 Å². The van der Waals surface area contributed by atoms with Crippen LogP contribution in [-0.2, 0) is 4.84 Å². The SMILES string of the molecule is CNOCCCN(C)C(C)C. The van der Waals surface area contributed by atoms with E-state index in [1.807, 2.05) is 0 Å². The summed E-state index contributed by atoms with van der Waals surface area (Å²) >= 11 is 0. The van der Waals surface area contributed by atoms with Crippen molar-refractivity contribution in [1.29, 1.82) is 0 Å². The highest BCUT2D eigenvalue weighted by atomic mass is 16.6. The zero-order chi connectivity index (χ0) is 8.69. The van der Waals surface area contributed by atoms with Crippen LogP contribution in [-0.4, -0.2) is 38.2 Å². The summed E-state index contributed by atoms with van der Waals surface area (Å²) in [6.07, 6.45) is 1.08. The van der Waals surface area contributed by atoms with Crippen LogP contribution in [0.5, 0.6) is 0 Å². The van der Waals surface area contributed by atoms with E-state index in [0.29, 0.717) is 6.04 Å². The molecule has 3 heteroatoms. The molecule has 0 aromatic carbocycles. The van der Waals surface area contributed by atoms with Crippen LogP contribution in [0, 0.1) is 0 Å². The van der Waals surface area contributed by atoms with Crippen LogP contribution in [0.25, 0.3) is 0 Å².